The molecule has 0 aliphatic carbocycles. The van der Waals surface area contributed by atoms with E-state index < -0.39 is 0 Å². The van der Waals surface area contributed by atoms with E-state index in [1.54, 1.807) is 0 Å². The fraction of sp³-hybridized carbons (Fsp3) is 0. The summed E-state index contributed by atoms with van der Waals surface area (Å²) < 4.78 is 8.34. The van der Waals surface area contributed by atoms with Crippen LogP contribution < -0.4 is 0 Å². The molecule has 24 valence electrons. The van der Waals surface area contributed by atoms with Gasteiger partial charge in [0.1, 0.15) is 0 Å². The first-order chi connectivity index (χ1) is 1.00. The molecule has 0 rings (SSSR count). The van der Waals surface area contributed by atoms with E-state index >= 15 is 0 Å². The second kappa shape index (κ2) is 19.9. The predicted molar refractivity (Wildman–Crippen MR) is 27.7 cm³/mol. The van der Waals surface area contributed by atoms with Gasteiger partial charge in [-0.05, 0) is 0 Å². The molecule has 0 saturated carbocycles. The molecule has 0 fully saturated rings. The zero-order valence-corrected chi connectivity index (χ0v) is 3.76. The molecule has 0 spiro atoms. The van der Waals surface area contributed by atoms with Crippen molar-refractivity contribution in [3.63, 3.8) is 0 Å². The van der Waals surface area contributed by atoms with Crippen LogP contribution in [0.4, 0.5) is 0 Å². The van der Waals surface area contributed by atoms with Crippen molar-refractivity contribution in [3.05, 3.63) is 0 Å². The maximum atomic E-state index is 8.34. The summed E-state index contributed by atoms with van der Waals surface area (Å²) in [5.74, 6) is 0. The second-order valence-corrected chi connectivity index (χ2v) is 0. The Kier molecular flexibility index (Phi) is 82.9. The average Bonchev–Trinajstić information content (AvgIpc) is 1.00. The van der Waals surface area contributed by atoms with Gasteiger partial charge < -0.3 is 0 Å². The van der Waals surface area contributed by atoms with Gasteiger partial charge in [0.15, 0.2) is 0 Å². The standard InChI is InChI=1S/GeH4.In.O.Sn.3H/h1H4;;;;;;. The van der Waals surface area contributed by atoms with Crippen LogP contribution in [0.25, 0.3) is 0 Å². The monoisotopic (exact) mass is 332 g/mol. The quantitative estimate of drug-likeness (QED) is 0.430. The molecule has 0 aliphatic heterocycles. The second-order valence-electron chi connectivity index (χ2n) is 0. The summed E-state index contributed by atoms with van der Waals surface area (Å²) in [4.78, 5) is 0. The van der Waals surface area contributed by atoms with Crippen LogP contribution in [0.2, 0.25) is 0 Å². The van der Waals surface area contributed by atoms with Crippen molar-refractivity contribution in [1.29, 1.82) is 0 Å². The summed E-state index contributed by atoms with van der Waals surface area (Å²) in [6.07, 6.45) is 0. The van der Waals surface area contributed by atoms with Crippen molar-refractivity contribution in [2.24, 2.45) is 0 Å². The van der Waals surface area contributed by atoms with E-state index in [1.807, 2.05) is 0 Å². The van der Waals surface area contributed by atoms with E-state index in [2.05, 4.69) is 0 Å². The van der Waals surface area contributed by atoms with Crippen LogP contribution in [0, 0.1) is 0 Å². The first kappa shape index (κ1) is 16.6. The molecule has 4 heteroatoms. The molecule has 1 nitrogen and oxygen atoms in total. The Bertz CT molecular complexity index is 8.00. The van der Waals surface area contributed by atoms with Crippen LogP contribution in [0.15, 0.2) is 0 Å². The Morgan fingerprint density at radius 3 is 1.25 bits per heavy atom. The average molecular weight is 329 g/mol. The predicted octanol–water partition coefficient (Wildman–Crippen LogP) is -3.14. The van der Waals surface area contributed by atoms with Crippen LogP contribution in [0.3, 0.4) is 0 Å². The van der Waals surface area contributed by atoms with Crippen LogP contribution >= 0.6 is 0 Å². The van der Waals surface area contributed by atoms with Gasteiger partial charge in [-0.3, -0.25) is 0 Å². The van der Waals surface area contributed by atoms with Gasteiger partial charge in [0, 0.05) is 0 Å². The van der Waals surface area contributed by atoms with Crippen LogP contribution in [-0.4, -0.2) is 66.0 Å². The fourth-order valence-electron chi connectivity index (χ4n) is 0. The van der Waals surface area contributed by atoms with Gasteiger partial charge in [0.05, 0.1) is 0 Å². The van der Waals surface area contributed by atoms with Gasteiger partial charge in [-0.2, -0.15) is 0 Å². The molecule has 0 aromatic heterocycles. The van der Waals surface area contributed by atoms with E-state index in [1.165, 1.54) is 0 Å². The third-order valence-corrected chi connectivity index (χ3v) is 0. The molecule has 0 saturated heterocycles. The molecule has 0 heterocycles. The molecule has 0 aromatic carbocycles. The van der Waals surface area contributed by atoms with Crippen LogP contribution in [0.5, 0.6) is 0 Å². The van der Waals surface area contributed by atoms with Crippen molar-refractivity contribution < 1.29 is 3.08 Å². The van der Waals surface area contributed by atoms with Gasteiger partial charge in [0.2, 0.25) is 0 Å². The van der Waals surface area contributed by atoms with Gasteiger partial charge in [-0.1, -0.05) is 0 Å². The van der Waals surface area contributed by atoms with E-state index in [9.17, 15) is 0 Å². The topological polar surface area (TPSA) is 17.1 Å². The molecule has 0 bridgehead atoms. The molecular weight excluding hydrogens is 322 g/mol. The van der Waals surface area contributed by atoms with E-state index in [0.29, 0.717) is 22.5 Å². The third kappa shape index (κ3) is 8.99. The van der Waals surface area contributed by atoms with Crippen molar-refractivity contribution in [3.8, 4) is 0 Å². The summed E-state index contributed by atoms with van der Waals surface area (Å²) in [5, 5.41) is 0. The molecule has 0 atom stereocenters. The summed E-state index contributed by atoms with van der Waals surface area (Å²) in [6.45, 7) is 0. The summed E-state index contributed by atoms with van der Waals surface area (Å²) in [7, 11) is 0. The van der Waals surface area contributed by atoms with Gasteiger partial charge >= 0.3 is 69.0 Å². The number of hydrogen-bond acceptors (Lipinski definition) is 1. The first-order valence-corrected chi connectivity index (χ1v) is 1.37. The minimum atomic E-state index is 0. The number of rotatable bonds is 0. The van der Waals surface area contributed by atoms with Gasteiger partial charge in [-0.15, -0.1) is 0 Å². The Morgan fingerprint density at radius 1 is 1.25 bits per heavy atom. The van der Waals surface area contributed by atoms with Crippen molar-refractivity contribution in [2.75, 3.05) is 0 Å². The van der Waals surface area contributed by atoms with Crippen molar-refractivity contribution >= 4 is 66.0 Å². The Morgan fingerprint density at radius 2 is 1.25 bits per heavy atom. The normalized spacial score (nSPS) is 1.00. The molecule has 4 heavy (non-hydrogen) atoms. The van der Waals surface area contributed by atoms with E-state index in [-0.39, 0.29) is 43.4 Å². The molecule has 0 N–H and O–H groups in total. The minimum absolute atomic E-state index is 0. The molecular formula is H7GeInOSn. The van der Waals surface area contributed by atoms with Gasteiger partial charge in [0.25, 0.3) is 0 Å². The van der Waals surface area contributed by atoms with Crippen molar-refractivity contribution in [1.82, 2.24) is 0 Å². The third-order valence-electron chi connectivity index (χ3n) is 0. The fourth-order valence-corrected chi connectivity index (χ4v) is 0. The Balaban J connectivity index is -0.00000000500. The number of hydrogen-bond donors (Lipinski definition) is 0. The first-order valence-electron chi connectivity index (χ1n) is 0.204. The molecule has 0 aromatic rings. The molecule has 0 amide bonds. The zero-order valence-electron chi connectivity index (χ0n) is 0.908. The summed E-state index contributed by atoms with van der Waals surface area (Å²) in [5.41, 5.74) is 0. The molecule has 2 radical (unpaired) electrons. The van der Waals surface area contributed by atoms with Crippen LogP contribution in [0.1, 0.15) is 0 Å². The molecule has 0 unspecified atom stereocenters. The summed E-state index contributed by atoms with van der Waals surface area (Å²) in [6, 6.07) is 0. The zero-order chi connectivity index (χ0) is 2.00. The SMILES string of the molecule is [GeH4].[InH3].[O]=[Sn]. The Hall–Kier alpha value is 2.01. The maximum absolute atomic E-state index is 8.34. The summed E-state index contributed by atoms with van der Waals surface area (Å²) >= 11 is 0.300. The van der Waals surface area contributed by atoms with Gasteiger partial charge in [-0.25, -0.2) is 0 Å². The van der Waals surface area contributed by atoms with Crippen molar-refractivity contribution in [2.45, 2.75) is 0 Å². The molecule has 0 aliphatic rings. The van der Waals surface area contributed by atoms with Crippen LogP contribution in [-0.2, 0) is 3.08 Å². The van der Waals surface area contributed by atoms with E-state index in [4.69, 9.17) is 3.08 Å². The Labute approximate surface area is 68.1 Å². The van der Waals surface area contributed by atoms with E-state index in [0.717, 1.165) is 0 Å².